The van der Waals surface area contributed by atoms with Crippen LogP contribution in [0.3, 0.4) is 0 Å². The van der Waals surface area contributed by atoms with Crippen LogP contribution in [-0.2, 0) is 24.6 Å². The Morgan fingerprint density at radius 3 is 2.42 bits per heavy atom. The molecule has 138 valence electrons. The van der Waals surface area contributed by atoms with E-state index in [2.05, 4.69) is 65.8 Å². The van der Waals surface area contributed by atoms with Crippen molar-refractivity contribution < 1.29 is 4.74 Å². The molecule has 1 aromatic heterocycles. The number of rotatable bonds is 9. The van der Waals surface area contributed by atoms with E-state index in [1.807, 2.05) is 24.3 Å². The van der Waals surface area contributed by atoms with Crippen LogP contribution in [0, 0.1) is 0 Å². The van der Waals surface area contributed by atoms with Crippen LogP contribution in [0.2, 0.25) is 0 Å². The molecule has 0 aliphatic carbocycles. The molecule has 0 spiro atoms. The van der Waals surface area contributed by atoms with Crippen LogP contribution < -0.4 is 0 Å². The summed E-state index contributed by atoms with van der Waals surface area (Å²) in [7, 11) is 6.33. The molecule has 26 heavy (non-hydrogen) atoms. The minimum atomic E-state index is 0.506. The second kappa shape index (κ2) is 8.94. The van der Waals surface area contributed by atoms with Crippen LogP contribution in [0.25, 0.3) is 11.0 Å². The Balaban J connectivity index is 1.71. The Kier molecular flexibility index (Phi) is 6.39. The third-order valence-corrected chi connectivity index (χ3v) is 4.41. The first-order chi connectivity index (χ1) is 12.6. The molecule has 5 nitrogen and oxygen atoms in total. The highest BCUT2D eigenvalue weighted by Crippen LogP contribution is 2.17. The SMILES string of the molecule is CN(C)CCN(C)Cc1nc2ccccc2n1COCc1ccccc1. The lowest BCUT2D eigenvalue weighted by molar-refractivity contribution is 0.0632. The van der Waals surface area contributed by atoms with Crippen LogP contribution >= 0.6 is 0 Å². The number of para-hydroxylation sites is 2. The summed E-state index contributed by atoms with van der Waals surface area (Å²) in [5.74, 6) is 1.04. The van der Waals surface area contributed by atoms with Gasteiger partial charge in [-0.25, -0.2) is 4.98 Å². The summed E-state index contributed by atoms with van der Waals surface area (Å²) in [6.45, 7) is 3.94. The molecule has 0 unspecified atom stereocenters. The van der Waals surface area contributed by atoms with Gasteiger partial charge in [0.05, 0.1) is 24.2 Å². The lowest BCUT2D eigenvalue weighted by Gasteiger charge is -2.19. The predicted octanol–water partition coefficient (Wildman–Crippen LogP) is 3.20. The van der Waals surface area contributed by atoms with E-state index < -0.39 is 0 Å². The maximum atomic E-state index is 5.99. The van der Waals surface area contributed by atoms with E-state index in [1.165, 1.54) is 5.56 Å². The first kappa shape index (κ1) is 18.6. The van der Waals surface area contributed by atoms with E-state index in [9.17, 15) is 0 Å². The van der Waals surface area contributed by atoms with Crippen LogP contribution in [-0.4, -0.2) is 53.6 Å². The Hall–Kier alpha value is -2.21. The molecule has 0 fully saturated rings. The van der Waals surface area contributed by atoms with E-state index in [-0.39, 0.29) is 0 Å². The topological polar surface area (TPSA) is 33.5 Å². The first-order valence-corrected chi connectivity index (χ1v) is 9.02. The third kappa shape index (κ3) is 4.91. The van der Waals surface area contributed by atoms with Crippen molar-refractivity contribution >= 4 is 11.0 Å². The summed E-state index contributed by atoms with van der Waals surface area (Å²) in [6, 6.07) is 18.5. The smallest absolute Gasteiger partial charge is 0.126 e. The van der Waals surface area contributed by atoms with Crippen molar-refractivity contribution in [3.63, 3.8) is 0 Å². The van der Waals surface area contributed by atoms with E-state index in [0.29, 0.717) is 13.3 Å². The zero-order valence-electron chi connectivity index (χ0n) is 15.9. The van der Waals surface area contributed by atoms with E-state index >= 15 is 0 Å². The summed E-state index contributed by atoms with van der Waals surface area (Å²) >= 11 is 0. The molecule has 0 saturated carbocycles. The molecule has 0 saturated heterocycles. The Morgan fingerprint density at radius 2 is 1.65 bits per heavy atom. The molecular weight excluding hydrogens is 324 g/mol. The molecule has 3 aromatic rings. The van der Waals surface area contributed by atoms with Gasteiger partial charge in [-0.3, -0.25) is 4.90 Å². The largest absolute Gasteiger partial charge is 0.356 e. The highest BCUT2D eigenvalue weighted by Gasteiger charge is 2.12. The van der Waals surface area contributed by atoms with Crippen molar-refractivity contribution in [2.45, 2.75) is 19.9 Å². The minimum Gasteiger partial charge on any atom is -0.356 e. The van der Waals surface area contributed by atoms with E-state index in [0.717, 1.165) is 36.5 Å². The molecule has 0 aliphatic rings. The van der Waals surface area contributed by atoms with Crippen molar-refractivity contribution in [1.29, 1.82) is 0 Å². The molecule has 1 heterocycles. The Bertz CT molecular complexity index is 813. The van der Waals surface area contributed by atoms with Gasteiger partial charge in [0.25, 0.3) is 0 Å². The zero-order chi connectivity index (χ0) is 18.4. The number of benzene rings is 2. The van der Waals surface area contributed by atoms with Gasteiger partial charge in [-0.05, 0) is 38.8 Å². The molecule has 0 radical (unpaired) electrons. The monoisotopic (exact) mass is 352 g/mol. The number of hydrogen-bond acceptors (Lipinski definition) is 4. The fraction of sp³-hybridized carbons (Fsp3) is 0.381. The minimum absolute atomic E-state index is 0.506. The van der Waals surface area contributed by atoms with Gasteiger partial charge >= 0.3 is 0 Å². The Labute approximate surface area is 155 Å². The molecular formula is C21H28N4O. The van der Waals surface area contributed by atoms with Gasteiger partial charge in [0, 0.05) is 13.1 Å². The van der Waals surface area contributed by atoms with E-state index in [1.54, 1.807) is 0 Å². The van der Waals surface area contributed by atoms with Gasteiger partial charge in [-0.2, -0.15) is 0 Å². The molecule has 2 aromatic carbocycles. The molecule has 0 amide bonds. The van der Waals surface area contributed by atoms with Crippen LogP contribution in [0.5, 0.6) is 0 Å². The van der Waals surface area contributed by atoms with Gasteiger partial charge in [-0.1, -0.05) is 42.5 Å². The average Bonchev–Trinajstić information content (AvgIpc) is 2.98. The fourth-order valence-corrected chi connectivity index (χ4v) is 2.91. The van der Waals surface area contributed by atoms with Gasteiger partial charge in [-0.15, -0.1) is 0 Å². The van der Waals surface area contributed by atoms with Crippen molar-refractivity contribution in [2.75, 3.05) is 34.2 Å². The highest BCUT2D eigenvalue weighted by molar-refractivity contribution is 5.75. The molecule has 0 aliphatic heterocycles. The van der Waals surface area contributed by atoms with Gasteiger partial charge < -0.3 is 14.2 Å². The summed E-state index contributed by atoms with van der Waals surface area (Å²) < 4.78 is 8.17. The summed E-state index contributed by atoms with van der Waals surface area (Å²) in [6.07, 6.45) is 0. The maximum absolute atomic E-state index is 5.99. The maximum Gasteiger partial charge on any atom is 0.126 e. The van der Waals surface area contributed by atoms with Crippen LogP contribution in [0.1, 0.15) is 11.4 Å². The zero-order valence-corrected chi connectivity index (χ0v) is 15.9. The number of likely N-dealkylation sites (N-methyl/N-ethyl adjacent to an activating group) is 2. The third-order valence-electron chi connectivity index (χ3n) is 4.41. The number of nitrogens with zero attached hydrogens (tertiary/aromatic N) is 4. The quantitative estimate of drug-likeness (QED) is 0.592. The van der Waals surface area contributed by atoms with Crippen molar-refractivity contribution in [3.05, 3.63) is 66.0 Å². The van der Waals surface area contributed by atoms with Crippen LogP contribution in [0.15, 0.2) is 54.6 Å². The number of aromatic nitrogens is 2. The standard InChI is InChI=1S/C21H28N4O/c1-23(2)13-14-24(3)15-21-22-19-11-7-8-12-20(19)25(21)17-26-16-18-9-5-4-6-10-18/h4-12H,13-17H2,1-3H3. The van der Waals surface area contributed by atoms with E-state index in [4.69, 9.17) is 9.72 Å². The number of ether oxygens (including phenoxy) is 1. The first-order valence-electron chi connectivity index (χ1n) is 9.02. The van der Waals surface area contributed by atoms with Gasteiger partial charge in [0.2, 0.25) is 0 Å². The highest BCUT2D eigenvalue weighted by atomic mass is 16.5. The normalized spacial score (nSPS) is 11.7. The second-order valence-electron chi connectivity index (χ2n) is 6.95. The summed E-state index contributed by atoms with van der Waals surface area (Å²) in [4.78, 5) is 9.33. The molecule has 0 atom stereocenters. The lowest BCUT2D eigenvalue weighted by Crippen LogP contribution is -2.29. The average molecular weight is 352 g/mol. The Morgan fingerprint density at radius 1 is 0.923 bits per heavy atom. The van der Waals surface area contributed by atoms with Crippen LogP contribution in [0.4, 0.5) is 0 Å². The molecule has 0 bridgehead atoms. The molecule has 0 N–H and O–H groups in total. The number of fused-ring (bicyclic) bond motifs is 1. The molecule has 5 heteroatoms. The molecule has 3 rings (SSSR count). The van der Waals surface area contributed by atoms with Gasteiger partial charge in [0.1, 0.15) is 12.6 Å². The summed E-state index contributed by atoms with van der Waals surface area (Å²) in [5, 5.41) is 0. The lowest BCUT2D eigenvalue weighted by atomic mass is 10.2. The fourth-order valence-electron chi connectivity index (χ4n) is 2.91. The summed E-state index contributed by atoms with van der Waals surface area (Å²) in [5.41, 5.74) is 3.32. The predicted molar refractivity (Wildman–Crippen MR) is 106 cm³/mol. The second-order valence-corrected chi connectivity index (χ2v) is 6.95. The van der Waals surface area contributed by atoms with Gasteiger partial charge in [0.15, 0.2) is 0 Å². The van der Waals surface area contributed by atoms with Crippen molar-refractivity contribution in [1.82, 2.24) is 19.4 Å². The number of hydrogen-bond donors (Lipinski definition) is 0. The van der Waals surface area contributed by atoms with Crippen molar-refractivity contribution in [2.24, 2.45) is 0 Å². The number of imidazole rings is 1. The van der Waals surface area contributed by atoms with Crippen molar-refractivity contribution in [3.8, 4) is 0 Å².